The van der Waals surface area contributed by atoms with Gasteiger partial charge in [0.2, 0.25) is 5.91 Å². The first-order valence-electron chi connectivity index (χ1n) is 9.30. The quantitative estimate of drug-likeness (QED) is 0.515. The SMILES string of the molecule is COc1ccc(NS(=O)(=O)c2cccc(NC(=O)/C=C/c3cccc(OC)c3)c2)cc1. The van der Waals surface area contributed by atoms with Crippen molar-refractivity contribution < 1.29 is 22.7 Å². The maximum Gasteiger partial charge on any atom is 0.261 e. The van der Waals surface area contributed by atoms with Crippen molar-refractivity contribution in [3.8, 4) is 11.5 Å². The Morgan fingerprint density at radius 3 is 2.26 bits per heavy atom. The van der Waals surface area contributed by atoms with Gasteiger partial charge in [0, 0.05) is 17.5 Å². The summed E-state index contributed by atoms with van der Waals surface area (Å²) >= 11 is 0. The molecule has 0 aliphatic rings. The highest BCUT2D eigenvalue weighted by Gasteiger charge is 2.15. The molecular weight excluding hydrogens is 416 g/mol. The van der Waals surface area contributed by atoms with Crippen LogP contribution in [0.25, 0.3) is 6.08 Å². The monoisotopic (exact) mass is 438 g/mol. The van der Waals surface area contributed by atoms with Crippen LogP contribution in [0.4, 0.5) is 11.4 Å². The molecule has 0 aromatic heterocycles. The average molecular weight is 439 g/mol. The molecule has 0 unspecified atom stereocenters. The van der Waals surface area contributed by atoms with E-state index in [9.17, 15) is 13.2 Å². The highest BCUT2D eigenvalue weighted by Crippen LogP contribution is 2.21. The second-order valence-electron chi connectivity index (χ2n) is 6.46. The molecule has 160 valence electrons. The van der Waals surface area contributed by atoms with Crippen LogP contribution < -0.4 is 19.5 Å². The van der Waals surface area contributed by atoms with E-state index in [0.29, 0.717) is 22.9 Å². The van der Waals surface area contributed by atoms with Gasteiger partial charge in [-0.05, 0) is 66.2 Å². The first kappa shape index (κ1) is 21.9. The molecule has 0 fully saturated rings. The molecule has 0 saturated carbocycles. The van der Waals surface area contributed by atoms with Crippen molar-refractivity contribution in [1.29, 1.82) is 0 Å². The van der Waals surface area contributed by atoms with Gasteiger partial charge >= 0.3 is 0 Å². The van der Waals surface area contributed by atoms with Crippen molar-refractivity contribution >= 4 is 33.4 Å². The first-order chi connectivity index (χ1) is 14.9. The summed E-state index contributed by atoms with van der Waals surface area (Å²) in [5, 5.41) is 2.67. The molecule has 0 radical (unpaired) electrons. The van der Waals surface area contributed by atoms with E-state index in [4.69, 9.17) is 9.47 Å². The third-order valence-electron chi connectivity index (χ3n) is 4.28. The summed E-state index contributed by atoms with van der Waals surface area (Å²) in [6.45, 7) is 0. The maximum atomic E-state index is 12.7. The third kappa shape index (κ3) is 6.10. The van der Waals surface area contributed by atoms with Gasteiger partial charge in [0.1, 0.15) is 11.5 Å². The van der Waals surface area contributed by atoms with E-state index >= 15 is 0 Å². The molecule has 0 spiro atoms. The first-order valence-corrected chi connectivity index (χ1v) is 10.8. The topological polar surface area (TPSA) is 93.7 Å². The Morgan fingerprint density at radius 2 is 1.55 bits per heavy atom. The minimum Gasteiger partial charge on any atom is -0.497 e. The van der Waals surface area contributed by atoms with Crippen LogP contribution in [-0.2, 0) is 14.8 Å². The number of methoxy groups -OCH3 is 2. The minimum absolute atomic E-state index is 0.0258. The zero-order valence-electron chi connectivity index (χ0n) is 17.0. The van der Waals surface area contributed by atoms with E-state index in [1.807, 2.05) is 18.2 Å². The molecule has 1 amide bonds. The summed E-state index contributed by atoms with van der Waals surface area (Å²) in [6, 6.07) is 19.8. The van der Waals surface area contributed by atoms with Gasteiger partial charge in [0.25, 0.3) is 10.0 Å². The van der Waals surface area contributed by atoms with Gasteiger partial charge in [-0.25, -0.2) is 8.42 Å². The average Bonchev–Trinajstić information content (AvgIpc) is 2.78. The van der Waals surface area contributed by atoms with Gasteiger partial charge < -0.3 is 14.8 Å². The lowest BCUT2D eigenvalue weighted by Gasteiger charge is -2.10. The number of anilines is 2. The summed E-state index contributed by atoms with van der Waals surface area (Å²) < 4.78 is 38.1. The molecule has 0 aliphatic heterocycles. The van der Waals surface area contributed by atoms with E-state index in [-0.39, 0.29) is 10.8 Å². The van der Waals surface area contributed by atoms with Crippen molar-refractivity contribution in [2.75, 3.05) is 24.3 Å². The number of hydrogen-bond acceptors (Lipinski definition) is 5. The molecule has 3 aromatic carbocycles. The van der Waals surface area contributed by atoms with Gasteiger partial charge in [0.15, 0.2) is 0 Å². The number of nitrogens with one attached hydrogen (secondary N) is 2. The molecule has 0 bridgehead atoms. The highest BCUT2D eigenvalue weighted by molar-refractivity contribution is 7.92. The molecule has 2 N–H and O–H groups in total. The van der Waals surface area contributed by atoms with Crippen LogP contribution in [-0.4, -0.2) is 28.5 Å². The largest absolute Gasteiger partial charge is 0.497 e. The van der Waals surface area contributed by atoms with Crippen molar-refractivity contribution in [2.45, 2.75) is 4.90 Å². The Morgan fingerprint density at radius 1 is 0.839 bits per heavy atom. The summed E-state index contributed by atoms with van der Waals surface area (Å²) in [6.07, 6.45) is 3.01. The van der Waals surface area contributed by atoms with E-state index in [1.165, 1.54) is 25.3 Å². The molecule has 0 saturated heterocycles. The fourth-order valence-corrected chi connectivity index (χ4v) is 3.82. The standard InChI is InChI=1S/C23H22N2O5S/c1-29-20-12-10-18(11-13-20)25-31(27,28)22-8-4-6-19(16-22)24-23(26)14-9-17-5-3-7-21(15-17)30-2/h3-16,25H,1-2H3,(H,24,26)/b14-9+. The Balaban J connectivity index is 1.69. The second-order valence-corrected chi connectivity index (χ2v) is 8.14. The number of carbonyl (C=O) groups excluding carboxylic acids is 1. The molecule has 0 aliphatic carbocycles. The smallest absolute Gasteiger partial charge is 0.261 e. The minimum atomic E-state index is -3.83. The van der Waals surface area contributed by atoms with Crippen LogP contribution in [0.2, 0.25) is 0 Å². The Labute approximate surface area is 181 Å². The number of ether oxygens (including phenoxy) is 2. The summed E-state index contributed by atoms with van der Waals surface area (Å²) in [5.74, 6) is 0.917. The lowest BCUT2D eigenvalue weighted by atomic mass is 10.2. The van der Waals surface area contributed by atoms with E-state index in [0.717, 1.165) is 5.56 Å². The third-order valence-corrected chi connectivity index (χ3v) is 5.65. The van der Waals surface area contributed by atoms with Gasteiger partial charge in [-0.3, -0.25) is 9.52 Å². The molecule has 7 nitrogen and oxygen atoms in total. The van der Waals surface area contributed by atoms with E-state index < -0.39 is 10.0 Å². The van der Waals surface area contributed by atoms with Crippen molar-refractivity contribution in [1.82, 2.24) is 0 Å². The van der Waals surface area contributed by atoms with Gasteiger partial charge in [-0.15, -0.1) is 0 Å². The van der Waals surface area contributed by atoms with Gasteiger partial charge in [-0.2, -0.15) is 0 Å². The predicted octanol–water partition coefficient (Wildman–Crippen LogP) is 4.16. The van der Waals surface area contributed by atoms with E-state index in [2.05, 4.69) is 10.0 Å². The molecule has 0 atom stereocenters. The molecule has 0 heterocycles. The maximum absolute atomic E-state index is 12.7. The summed E-state index contributed by atoms with van der Waals surface area (Å²) in [7, 11) is -0.726. The van der Waals surface area contributed by atoms with Gasteiger partial charge in [0.05, 0.1) is 19.1 Å². The van der Waals surface area contributed by atoms with Crippen molar-refractivity contribution in [3.05, 3.63) is 84.4 Å². The van der Waals surface area contributed by atoms with Crippen LogP contribution in [0, 0.1) is 0 Å². The molecule has 8 heteroatoms. The molecule has 3 rings (SSSR count). The number of hydrogen-bond donors (Lipinski definition) is 2. The van der Waals surface area contributed by atoms with Gasteiger partial charge in [-0.1, -0.05) is 18.2 Å². The van der Waals surface area contributed by atoms with Crippen molar-refractivity contribution in [3.63, 3.8) is 0 Å². The molecular formula is C23H22N2O5S. The fourth-order valence-electron chi connectivity index (χ4n) is 2.72. The Bertz CT molecular complexity index is 1190. The zero-order valence-corrected chi connectivity index (χ0v) is 17.8. The Kier molecular flexibility index (Phi) is 6.94. The van der Waals surface area contributed by atoms with Crippen molar-refractivity contribution in [2.24, 2.45) is 0 Å². The van der Waals surface area contributed by atoms with Crippen LogP contribution in [0.15, 0.2) is 83.8 Å². The number of amides is 1. The lowest BCUT2D eigenvalue weighted by molar-refractivity contribution is -0.111. The number of carbonyl (C=O) groups is 1. The lowest BCUT2D eigenvalue weighted by Crippen LogP contribution is -2.14. The van der Waals surface area contributed by atoms with E-state index in [1.54, 1.807) is 55.7 Å². The number of sulfonamides is 1. The van der Waals surface area contributed by atoms with Crippen LogP contribution in [0.5, 0.6) is 11.5 Å². The number of rotatable bonds is 8. The highest BCUT2D eigenvalue weighted by atomic mass is 32.2. The molecule has 3 aromatic rings. The number of benzene rings is 3. The van der Waals surface area contributed by atoms with Crippen LogP contribution >= 0.6 is 0 Å². The zero-order chi connectivity index (χ0) is 22.3. The summed E-state index contributed by atoms with van der Waals surface area (Å²) in [4.78, 5) is 12.3. The Hall–Kier alpha value is -3.78. The molecule has 31 heavy (non-hydrogen) atoms. The van der Waals surface area contributed by atoms with Crippen LogP contribution in [0.1, 0.15) is 5.56 Å². The normalized spacial score (nSPS) is 11.2. The summed E-state index contributed by atoms with van der Waals surface area (Å²) in [5.41, 5.74) is 1.56. The fraction of sp³-hybridized carbons (Fsp3) is 0.0870. The second kappa shape index (κ2) is 9.82. The predicted molar refractivity (Wildman–Crippen MR) is 121 cm³/mol. The van der Waals surface area contributed by atoms with Crippen LogP contribution in [0.3, 0.4) is 0 Å².